The summed E-state index contributed by atoms with van der Waals surface area (Å²) in [4.78, 5) is 15.2. The summed E-state index contributed by atoms with van der Waals surface area (Å²) in [7, 11) is 0. The van der Waals surface area contributed by atoms with E-state index in [4.69, 9.17) is 15.6 Å². The zero-order valence-electron chi connectivity index (χ0n) is 12.0. The molecule has 3 atom stereocenters. The maximum atomic E-state index is 14.4. The Morgan fingerprint density at radius 2 is 2.39 bits per heavy atom. The van der Waals surface area contributed by atoms with Crippen molar-refractivity contribution in [1.29, 1.82) is 0 Å². The Morgan fingerprint density at radius 1 is 1.61 bits per heavy atom. The van der Waals surface area contributed by atoms with Gasteiger partial charge in [0.25, 0.3) is 0 Å². The van der Waals surface area contributed by atoms with Gasteiger partial charge in [-0.1, -0.05) is 11.8 Å². The Hall–Kier alpha value is -1.87. The number of hydrogen-bond donors (Lipinski definition) is 3. The molecule has 0 aromatic heterocycles. The average Bonchev–Trinajstić information content (AvgIpc) is 2.88. The molecule has 9 heteroatoms. The van der Waals surface area contributed by atoms with Crippen molar-refractivity contribution in [3.8, 4) is 0 Å². The Morgan fingerprint density at radius 3 is 3.09 bits per heavy atom. The summed E-state index contributed by atoms with van der Waals surface area (Å²) in [5, 5.41) is 11.2. The lowest BCUT2D eigenvalue weighted by Crippen LogP contribution is -2.44. The number of hydrogen-bond acceptors (Lipinski definition) is 5. The van der Waals surface area contributed by atoms with Crippen molar-refractivity contribution in [3.05, 3.63) is 29.6 Å². The molecule has 6 nitrogen and oxygen atoms in total. The second kappa shape index (κ2) is 5.97. The number of aliphatic imine (C=N–C) groups is 1. The Balaban J connectivity index is 2.11. The molecular weight excluding hydrogens is 328 g/mol. The molecule has 3 rings (SSSR count). The standard InChI is InChI=1S/C14H15F2N3O3S/c15-4-11-9-5-23-12(18-13(20)21)19-14(9,6-22-11)8-3-7(17)1-2-10(8)16/h1-3,9,11H,4-6,17H2,(H,18,19)(H,20,21)/t9-,11-,14-/m1/s1. The van der Waals surface area contributed by atoms with Crippen molar-refractivity contribution in [2.75, 3.05) is 24.8 Å². The maximum Gasteiger partial charge on any atom is 0.410 e. The Kier molecular flexibility index (Phi) is 4.15. The number of thioether (sulfide) groups is 1. The van der Waals surface area contributed by atoms with Crippen molar-refractivity contribution in [1.82, 2.24) is 5.32 Å². The highest BCUT2D eigenvalue weighted by Crippen LogP contribution is 2.48. The lowest BCUT2D eigenvalue weighted by Gasteiger charge is -2.36. The van der Waals surface area contributed by atoms with Crippen LogP contribution >= 0.6 is 11.8 Å². The van der Waals surface area contributed by atoms with Crippen LogP contribution in [-0.2, 0) is 10.3 Å². The first kappa shape index (κ1) is 16.0. The lowest BCUT2D eigenvalue weighted by molar-refractivity contribution is 0.0721. The van der Waals surface area contributed by atoms with Crippen LogP contribution in [0.15, 0.2) is 23.2 Å². The normalized spacial score (nSPS) is 29.7. The van der Waals surface area contributed by atoms with Gasteiger partial charge in [-0.2, -0.15) is 0 Å². The van der Waals surface area contributed by atoms with Crippen LogP contribution in [0.25, 0.3) is 0 Å². The number of alkyl halides is 1. The fraction of sp³-hybridized carbons (Fsp3) is 0.429. The van der Waals surface area contributed by atoms with Crippen LogP contribution in [0, 0.1) is 11.7 Å². The summed E-state index contributed by atoms with van der Waals surface area (Å²) in [6.45, 7) is -0.744. The number of ether oxygens (including phenoxy) is 1. The molecule has 0 aliphatic carbocycles. The number of benzene rings is 1. The first-order chi connectivity index (χ1) is 11.0. The van der Waals surface area contributed by atoms with E-state index in [1.54, 1.807) is 0 Å². The van der Waals surface area contributed by atoms with E-state index in [1.807, 2.05) is 0 Å². The van der Waals surface area contributed by atoms with E-state index in [-0.39, 0.29) is 17.3 Å². The molecule has 1 fully saturated rings. The van der Waals surface area contributed by atoms with Gasteiger partial charge in [-0.05, 0) is 18.2 Å². The highest BCUT2D eigenvalue weighted by Gasteiger charge is 2.54. The SMILES string of the molecule is Nc1ccc(F)c([C@]23CO[C@H](CF)[C@H]2CSC(NC(=O)O)=N3)c1. The highest BCUT2D eigenvalue weighted by atomic mass is 32.2. The van der Waals surface area contributed by atoms with E-state index in [1.165, 1.54) is 18.2 Å². The van der Waals surface area contributed by atoms with Gasteiger partial charge in [-0.25, -0.2) is 18.6 Å². The molecule has 0 bridgehead atoms. The molecular formula is C14H15F2N3O3S. The van der Waals surface area contributed by atoms with Crippen molar-refractivity contribution < 1.29 is 23.4 Å². The molecule has 124 valence electrons. The monoisotopic (exact) mass is 343 g/mol. The van der Waals surface area contributed by atoms with Gasteiger partial charge in [0.2, 0.25) is 0 Å². The van der Waals surface area contributed by atoms with Crippen LogP contribution in [0.2, 0.25) is 0 Å². The number of carbonyl (C=O) groups is 1. The highest BCUT2D eigenvalue weighted by molar-refractivity contribution is 8.13. The number of carboxylic acid groups (broad SMARTS) is 1. The first-order valence-electron chi connectivity index (χ1n) is 6.92. The van der Waals surface area contributed by atoms with E-state index in [2.05, 4.69) is 10.3 Å². The number of anilines is 1. The summed E-state index contributed by atoms with van der Waals surface area (Å²) in [6.07, 6.45) is -1.97. The van der Waals surface area contributed by atoms with E-state index in [9.17, 15) is 13.6 Å². The summed E-state index contributed by atoms with van der Waals surface area (Å²) in [5.41, 5.74) is 5.11. The molecule has 0 saturated carbocycles. The maximum absolute atomic E-state index is 14.4. The number of nitrogen functional groups attached to an aromatic ring is 1. The third-order valence-corrected chi connectivity index (χ3v) is 5.10. The number of nitrogens with zero attached hydrogens (tertiary/aromatic N) is 1. The molecule has 1 aromatic rings. The summed E-state index contributed by atoms with van der Waals surface area (Å²) < 4.78 is 33.1. The van der Waals surface area contributed by atoms with Crippen molar-refractivity contribution >= 4 is 28.7 Å². The minimum atomic E-state index is -1.26. The Labute approximate surface area is 135 Å². The molecule has 0 unspecified atom stereocenters. The number of fused-ring (bicyclic) bond motifs is 1. The van der Waals surface area contributed by atoms with Crippen molar-refractivity contribution in [3.63, 3.8) is 0 Å². The molecule has 0 spiro atoms. The lowest BCUT2D eigenvalue weighted by atomic mass is 9.79. The quantitative estimate of drug-likeness (QED) is 0.713. The van der Waals surface area contributed by atoms with Gasteiger partial charge in [0.15, 0.2) is 5.17 Å². The topological polar surface area (TPSA) is 96.9 Å². The van der Waals surface area contributed by atoms with Gasteiger partial charge in [0, 0.05) is 22.9 Å². The fourth-order valence-electron chi connectivity index (χ4n) is 3.03. The molecule has 4 N–H and O–H groups in total. The van der Waals surface area contributed by atoms with Crippen molar-refractivity contribution in [2.45, 2.75) is 11.6 Å². The van der Waals surface area contributed by atoms with Gasteiger partial charge >= 0.3 is 6.09 Å². The number of nitrogens with two attached hydrogens (primary N) is 1. The number of rotatable bonds is 2. The van der Waals surface area contributed by atoms with Crippen LogP contribution in [0.4, 0.5) is 19.3 Å². The van der Waals surface area contributed by atoms with Crippen LogP contribution in [0.1, 0.15) is 5.56 Å². The van der Waals surface area contributed by atoms with Crippen LogP contribution in [0.5, 0.6) is 0 Å². The molecule has 0 radical (unpaired) electrons. The summed E-state index contributed by atoms with van der Waals surface area (Å²) in [6, 6.07) is 4.09. The molecule has 23 heavy (non-hydrogen) atoms. The fourth-order valence-corrected chi connectivity index (χ4v) is 4.24. The van der Waals surface area contributed by atoms with E-state index >= 15 is 0 Å². The van der Waals surface area contributed by atoms with Gasteiger partial charge in [-0.3, -0.25) is 5.32 Å². The summed E-state index contributed by atoms with van der Waals surface area (Å²) >= 11 is 1.15. The van der Waals surface area contributed by atoms with Gasteiger partial charge in [-0.15, -0.1) is 0 Å². The van der Waals surface area contributed by atoms with Crippen molar-refractivity contribution in [2.24, 2.45) is 10.9 Å². The minimum absolute atomic E-state index is 0.0298. The Bertz CT molecular complexity index is 673. The predicted molar refractivity (Wildman–Crippen MR) is 82.7 cm³/mol. The molecule has 2 heterocycles. The third kappa shape index (κ3) is 2.74. The second-order valence-electron chi connectivity index (χ2n) is 5.43. The molecule has 2 aliphatic rings. The second-order valence-corrected chi connectivity index (χ2v) is 6.44. The third-order valence-electron chi connectivity index (χ3n) is 4.10. The minimum Gasteiger partial charge on any atom is -0.465 e. The number of amides is 1. The number of nitrogens with one attached hydrogen (secondary N) is 1. The van der Waals surface area contributed by atoms with E-state index < -0.39 is 36.1 Å². The first-order valence-corrected chi connectivity index (χ1v) is 7.90. The van der Waals surface area contributed by atoms with Crippen LogP contribution < -0.4 is 11.1 Å². The average molecular weight is 343 g/mol. The smallest absolute Gasteiger partial charge is 0.410 e. The largest absolute Gasteiger partial charge is 0.465 e. The van der Waals surface area contributed by atoms with E-state index in [0.29, 0.717) is 11.4 Å². The van der Waals surface area contributed by atoms with Crippen LogP contribution in [0.3, 0.4) is 0 Å². The van der Waals surface area contributed by atoms with Crippen LogP contribution in [-0.4, -0.2) is 41.5 Å². The molecule has 1 amide bonds. The zero-order valence-corrected chi connectivity index (χ0v) is 12.8. The predicted octanol–water partition coefficient (Wildman–Crippen LogP) is 1.96. The van der Waals surface area contributed by atoms with E-state index in [0.717, 1.165) is 11.8 Å². The number of halogens is 2. The molecule has 1 saturated heterocycles. The zero-order chi connectivity index (χ0) is 16.6. The molecule has 1 aromatic carbocycles. The number of amidine groups is 1. The van der Waals surface area contributed by atoms with Gasteiger partial charge in [0.05, 0.1) is 12.7 Å². The molecule has 2 aliphatic heterocycles. The summed E-state index contributed by atoms with van der Waals surface area (Å²) in [5.74, 6) is -0.576. The van der Waals surface area contributed by atoms with Gasteiger partial charge in [0.1, 0.15) is 18.0 Å². The van der Waals surface area contributed by atoms with Gasteiger partial charge < -0.3 is 15.6 Å².